The van der Waals surface area contributed by atoms with Crippen molar-refractivity contribution in [2.45, 2.75) is 64.2 Å². The number of benzene rings is 8. The first kappa shape index (κ1) is 37.6. The summed E-state index contributed by atoms with van der Waals surface area (Å²) in [5.41, 5.74) is 29.0. The molecule has 0 saturated heterocycles. The first-order valence-corrected chi connectivity index (χ1v) is 23.2. The first-order chi connectivity index (χ1) is 31.1. The Balaban J connectivity index is 1.000. The topological polar surface area (TPSA) is 3.24 Å². The molecule has 1 nitrogen and oxygen atoms in total. The molecule has 1 spiro atoms. The zero-order valence-corrected chi connectivity index (χ0v) is 37.6. The minimum Gasteiger partial charge on any atom is -0.310 e. The SMILES string of the molecule is Cc1ccc2c(c1)C1(C3=C2C=CCC3C)c2ccccc2-c2cccc(-c3ccc(N(c4ccc5c(c4)C(C)(C)c4ccccc4-5)c4ccc5c(c4)C(C)(C)c4ccccc4-5)cc3)c21. The van der Waals surface area contributed by atoms with Gasteiger partial charge in [-0.3, -0.25) is 0 Å². The number of anilines is 3. The summed E-state index contributed by atoms with van der Waals surface area (Å²) in [6.45, 7) is 14.2. The highest BCUT2D eigenvalue weighted by molar-refractivity contribution is 6.00. The van der Waals surface area contributed by atoms with Crippen LogP contribution in [0.4, 0.5) is 17.1 Å². The molecule has 5 aliphatic carbocycles. The van der Waals surface area contributed by atoms with E-state index in [1.165, 1.54) is 112 Å². The molecule has 2 atom stereocenters. The Morgan fingerprint density at radius 3 is 1.56 bits per heavy atom. The molecule has 0 radical (unpaired) electrons. The van der Waals surface area contributed by atoms with Crippen LogP contribution in [0, 0.1) is 12.8 Å². The molecule has 308 valence electrons. The number of rotatable bonds is 4. The number of hydrogen-bond donors (Lipinski definition) is 0. The fourth-order valence-corrected chi connectivity index (χ4v) is 13.1. The fourth-order valence-electron chi connectivity index (χ4n) is 13.1. The molecule has 0 fully saturated rings. The van der Waals surface area contributed by atoms with Crippen molar-refractivity contribution in [3.8, 4) is 44.5 Å². The zero-order valence-electron chi connectivity index (χ0n) is 37.6. The maximum atomic E-state index is 2.50. The van der Waals surface area contributed by atoms with Crippen molar-refractivity contribution in [2.24, 2.45) is 5.92 Å². The molecule has 13 rings (SSSR count). The lowest BCUT2D eigenvalue weighted by Crippen LogP contribution is -2.31. The van der Waals surface area contributed by atoms with Crippen LogP contribution in [0.2, 0.25) is 0 Å². The third-order valence-corrected chi connectivity index (χ3v) is 16.0. The van der Waals surface area contributed by atoms with E-state index in [0.717, 1.165) is 12.1 Å². The van der Waals surface area contributed by atoms with E-state index in [4.69, 9.17) is 0 Å². The van der Waals surface area contributed by atoms with Gasteiger partial charge in [0.15, 0.2) is 0 Å². The smallest absolute Gasteiger partial charge is 0.0697 e. The number of hydrogen-bond acceptors (Lipinski definition) is 1. The minimum atomic E-state index is -0.363. The molecule has 64 heavy (non-hydrogen) atoms. The van der Waals surface area contributed by atoms with Crippen molar-refractivity contribution >= 4 is 22.6 Å². The molecule has 8 aromatic rings. The zero-order chi connectivity index (χ0) is 43.3. The number of allylic oxidation sites excluding steroid dienone is 4. The van der Waals surface area contributed by atoms with Gasteiger partial charge in [0.1, 0.15) is 0 Å². The van der Waals surface area contributed by atoms with Gasteiger partial charge in [-0.25, -0.2) is 0 Å². The lowest BCUT2D eigenvalue weighted by Gasteiger charge is -2.37. The molecule has 0 bridgehead atoms. The summed E-state index contributed by atoms with van der Waals surface area (Å²) in [5, 5.41) is 0. The molecule has 0 N–H and O–H groups in total. The van der Waals surface area contributed by atoms with Crippen LogP contribution in [0.15, 0.2) is 188 Å². The summed E-state index contributed by atoms with van der Waals surface area (Å²) in [4.78, 5) is 2.50. The van der Waals surface area contributed by atoms with Crippen molar-refractivity contribution in [2.75, 3.05) is 4.90 Å². The number of fused-ring (bicyclic) bond motifs is 15. The average molecular weight is 822 g/mol. The van der Waals surface area contributed by atoms with Crippen LogP contribution in [-0.2, 0) is 16.2 Å². The van der Waals surface area contributed by atoms with Crippen molar-refractivity contribution in [3.05, 3.63) is 238 Å². The number of nitrogens with zero attached hydrogens (tertiary/aromatic N) is 1. The molecule has 1 heteroatoms. The van der Waals surface area contributed by atoms with Gasteiger partial charge in [0.25, 0.3) is 0 Å². The van der Waals surface area contributed by atoms with Crippen LogP contribution in [0.25, 0.3) is 50.1 Å². The molecule has 0 aliphatic heterocycles. The Bertz CT molecular complexity index is 3280. The van der Waals surface area contributed by atoms with E-state index >= 15 is 0 Å². The fraction of sp³-hybridized carbons (Fsp3) is 0.175. The quantitative estimate of drug-likeness (QED) is 0.171. The van der Waals surface area contributed by atoms with Crippen molar-refractivity contribution < 1.29 is 0 Å². The van der Waals surface area contributed by atoms with Crippen LogP contribution in [0.3, 0.4) is 0 Å². The summed E-state index contributed by atoms with van der Waals surface area (Å²) >= 11 is 0. The summed E-state index contributed by atoms with van der Waals surface area (Å²) in [6.07, 6.45) is 5.87. The van der Waals surface area contributed by atoms with Crippen LogP contribution in [-0.4, -0.2) is 0 Å². The summed E-state index contributed by atoms with van der Waals surface area (Å²) < 4.78 is 0. The van der Waals surface area contributed by atoms with Gasteiger partial charge < -0.3 is 4.90 Å². The van der Waals surface area contributed by atoms with Crippen molar-refractivity contribution in [1.29, 1.82) is 0 Å². The van der Waals surface area contributed by atoms with Gasteiger partial charge in [-0.15, -0.1) is 0 Å². The van der Waals surface area contributed by atoms with E-state index in [0.29, 0.717) is 5.92 Å². The lowest BCUT2D eigenvalue weighted by atomic mass is 9.64. The normalized spacial score (nSPS) is 19.4. The van der Waals surface area contributed by atoms with Crippen LogP contribution in [0.5, 0.6) is 0 Å². The maximum absolute atomic E-state index is 2.50. The molecule has 2 unspecified atom stereocenters. The van der Waals surface area contributed by atoms with Crippen molar-refractivity contribution in [3.63, 3.8) is 0 Å². The third-order valence-electron chi connectivity index (χ3n) is 16.0. The lowest BCUT2D eigenvalue weighted by molar-refractivity contribution is 0.592. The number of aryl methyl sites for hydroxylation is 1. The van der Waals surface area contributed by atoms with E-state index in [9.17, 15) is 0 Å². The van der Waals surface area contributed by atoms with Gasteiger partial charge >= 0.3 is 0 Å². The Hall–Kier alpha value is -6.96. The Morgan fingerprint density at radius 1 is 0.438 bits per heavy atom. The van der Waals surface area contributed by atoms with Crippen LogP contribution >= 0.6 is 0 Å². The van der Waals surface area contributed by atoms with Gasteiger partial charge in [0.2, 0.25) is 0 Å². The molecular formula is C63H51N. The summed E-state index contributed by atoms with van der Waals surface area (Å²) in [5.74, 6) is 0.408. The van der Waals surface area contributed by atoms with Crippen LogP contribution < -0.4 is 4.90 Å². The minimum absolute atomic E-state index is 0.113. The second-order valence-electron chi connectivity index (χ2n) is 20.1. The second kappa shape index (κ2) is 13.1. The van der Waals surface area contributed by atoms with Crippen LogP contribution in [0.1, 0.15) is 91.1 Å². The molecule has 0 saturated carbocycles. The van der Waals surface area contributed by atoms with E-state index < -0.39 is 0 Å². The van der Waals surface area contributed by atoms with E-state index in [1.807, 2.05) is 0 Å². The standard InChI is InChI=1S/C63H51N/c1-38-25-32-50-51-20-13-15-39(2)59(51)63(58(50)35-38)55-24-12-9-18-47(55)52-21-14-19-44(60(52)63)40-26-28-41(29-27-40)64(42-30-33-48-45-16-7-10-22-53(45)61(3,4)56(48)36-42)43-31-34-49-46-17-8-11-23-54(46)62(5,6)57(49)37-43/h7-14,16-37,39H,15H2,1-6H3. The Kier molecular flexibility index (Phi) is 7.67. The molecule has 0 heterocycles. The largest absolute Gasteiger partial charge is 0.310 e. The van der Waals surface area contributed by atoms with E-state index in [-0.39, 0.29) is 16.2 Å². The molecule has 8 aromatic carbocycles. The average Bonchev–Trinajstić information content (AvgIpc) is 3.94. The molecule has 5 aliphatic rings. The Morgan fingerprint density at radius 2 is 0.938 bits per heavy atom. The van der Waals surface area contributed by atoms with Gasteiger partial charge in [-0.2, -0.15) is 0 Å². The maximum Gasteiger partial charge on any atom is 0.0697 e. The first-order valence-electron chi connectivity index (χ1n) is 23.2. The van der Waals surface area contributed by atoms with E-state index in [2.05, 4.69) is 228 Å². The predicted octanol–water partition coefficient (Wildman–Crippen LogP) is 16.4. The van der Waals surface area contributed by atoms with Crippen molar-refractivity contribution in [1.82, 2.24) is 0 Å². The van der Waals surface area contributed by atoms with Gasteiger partial charge in [0.05, 0.1) is 5.41 Å². The van der Waals surface area contributed by atoms with Gasteiger partial charge in [-0.1, -0.05) is 186 Å². The predicted molar refractivity (Wildman–Crippen MR) is 268 cm³/mol. The van der Waals surface area contributed by atoms with Gasteiger partial charge in [-0.05, 0) is 156 Å². The summed E-state index contributed by atoms with van der Waals surface area (Å²) in [7, 11) is 0. The Labute approximate surface area is 378 Å². The van der Waals surface area contributed by atoms with Gasteiger partial charge in [0, 0.05) is 27.9 Å². The highest BCUT2D eigenvalue weighted by Crippen LogP contribution is 2.66. The monoisotopic (exact) mass is 821 g/mol. The third kappa shape index (κ3) is 4.80. The molecule has 0 aromatic heterocycles. The molecular weight excluding hydrogens is 771 g/mol. The summed E-state index contributed by atoms with van der Waals surface area (Å²) in [6, 6.07) is 65.2. The molecule has 0 amide bonds. The second-order valence-corrected chi connectivity index (χ2v) is 20.1. The highest BCUT2D eigenvalue weighted by atomic mass is 15.1. The van der Waals surface area contributed by atoms with E-state index in [1.54, 1.807) is 5.57 Å². The highest BCUT2D eigenvalue weighted by Gasteiger charge is 2.55.